The van der Waals surface area contributed by atoms with Crippen molar-refractivity contribution in [3.63, 3.8) is 0 Å². The van der Waals surface area contributed by atoms with E-state index in [2.05, 4.69) is 25.1 Å². The summed E-state index contributed by atoms with van der Waals surface area (Å²) in [6.45, 7) is 1.27. The number of nitrogens with one attached hydrogen (secondary N) is 1. The molecule has 7 nitrogen and oxygen atoms in total. The zero-order chi connectivity index (χ0) is 14.4. The Labute approximate surface area is 123 Å². The smallest absolute Gasteiger partial charge is 0.356 e. The molecule has 1 aliphatic heterocycles. The van der Waals surface area contributed by atoms with Gasteiger partial charge in [-0.1, -0.05) is 0 Å². The molecule has 0 aromatic carbocycles. The highest BCUT2D eigenvalue weighted by Gasteiger charge is 2.26. The van der Waals surface area contributed by atoms with Crippen molar-refractivity contribution < 1.29 is 9.90 Å². The van der Waals surface area contributed by atoms with Crippen LogP contribution in [0.4, 0.5) is 5.82 Å². The van der Waals surface area contributed by atoms with Crippen molar-refractivity contribution in [2.24, 2.45) is 0 Å². The molecule has 8 heteroatoms. The Morgan fingerprint density at radius 3 is 3.19 bits per heavy atom. The molecule has 1 aliphatic rings. The molecule has 0 unspecified atom stereocenters. The zero-order valence-corrected chi connectivity index (χ0v) is 11.7. The van der Waals surface area contributed by atoms with Gasteiger partial charge < -0.3 is 10.0 Å². The summed E-state index contributed by atoms with van der Waals surface area (Å²) in [7, 11) is 0. The van der Waals surface area contributed by atoms with Crippen LogP contribution in [0.25, 0.3) is 10.2 Å². The number of aromatic amines is 1. The fraction of sp³-hybridized carbons (Fsp3) is 0.231. The first-order valence-electron chi connectivity index (χ1n) is 6.46. The van der Waals surface area contributed by atoms with Crippen LogP contribution in [-0.2, 0) is 13.0 Å². The number of hydrogen-bond acceptors (Lipinski definition) is 6. The van der Waals surface area contributed by atoms with Crippen LogP contribution in [-0.4, -0.2) is 37.8 Å². The van der Waals surface area contributed by atoms with Gasteiger partial charge >= 0.3 is 5.97 Å². The van der Waals surface area contributed by atoms with Gasteiger partial charge in [-0.2, -0.15) is 5.10 Å². The molecule has 0 saturated heterocycles. The average Bonchev–Trinajstić information content (AvgIpc) is 3.12. The Morgan fingerprint density at radius 1 is 1.43 bits per heavy atom. The topological polar surface area (TPSA) is 95.0 Å². The van der Waals surface area contributed by atoms with E-state index >= 15 is 0 Å². The predicted molar refractivity (Wildman–Crippen MR) is 77.7 cm³/mol. The van der Waals surface area contributed by atoms with Crippen molar-refractivity contribution in [2.75, 3.05) is 11.4 Å². The molecule has 3 aromatic heterocycles. The Hall–Kier alpha value is -2.48. The second kappa shape index (κ2) is 4.52. The van der Waals surface area contributed by atoms with Gasteiger partial charge in [-0.3, -0.25) is 5.10 Å². The number of nitrogens with zero attached hydrogens (tertiary/aromatic N) is 4. The zero-order valence-electron chi connectivity index (χ0n) is 10.9. The van der Waals surface area contributed by atoms with Crippen molar-refractivity contribution in [2.45, 2.75) is 13.0 Å². The molecule has 4 heterocycles. The minimum atomic E-state index is -1.00. The lowest BCUT2D eigenvalue weighted by molar-refractivity contribution is 0.0689. The van der Waals surface area contributed by atoms with Gasteiger partial charge in [-0.05, 0) is 11.4 Å². The number of carboxylic acids is 1. The van der Waals surface area contributed by atoms with Gasteiger partial charge in [0.1, 0.15) is 12.1 Å². The third kappa shape index (κ3) is 1.87. The van der Waals surface area contributed by atoms with E-state index in [9.17, 15) is 9.90 Å². The van der Waals surface area contributed by atoms with Crippen molar-refractivity contribution in [1.29, 1.82) is 0 Å². The molecule has 0 atom stereocenters. The lowest BCUT2D eigenvalue weighted by Crippen LogP contribution is -2.31. The van der Waals surface area contributed by atoms with Crippen LogP contribution >= 0.6 is 11.3 Å². The largest absolute Gasteiger partial charge is 0.476 e. The van der Waals surface area contributed by atoms with E-state index in [4.69, 9.17) is 0 Å². The molecule has 0 spiro atoms. The highest BCUT2D eigenvalue weighted by atomic mass is 32.1. The standard InChI is InChI=1S/C13H11N5O2S/c19-13(20)10-7-5-18(3-1-8(7)16-17-10)12-11-9(2-4-21-11)14-6-15-12/h2,4,6H,1,3,5H2,(H,16,17)(H,19,20). The van der Waals surface area contributed by atoms with Gasteiger partial charge in [0.2, 0.25) is 0 Å². The number of aromatic nitrogens is 4. The van der Waals surface area contributed by atoms with Crippen molar-refractivity contribution in [3.8, 4) is 0 Å². The van der Waals surface area contributed by atoms with E-state index < -0.39 is 5.97 Å². The van der Waals surface area contributed by atoms with E-state index in [1.807, 2.05) is 11.4 Å². The summed E-state index contributed by atoms with van der Waals surface area (Å²) < 4.78 is 1.03. The summed E-state index contributed by atoms with van der Waals surface area (Å²) >= 11 is 1.60. The second-order valence-corrected chi connectivity index (χ2v) is 5.75. The Kier molecular flexibility index (Phi) is 2.64. The van der Waals surface area contributed by atoms with E-state index in [0.717, 1.165) is 40.3 Å². The maximum atomic E-state index is 11.2. The number of hydrogen-bond donors (Lipinski definition) is 2. The molecule has 2 N–H and O–H groups in total. The summed E-state index contributed by atoms with van der Waals surface area (Å²) in [5.41, 5.74) is 2.67. The quantitative estimate of drug-likeness (QED) is 0.747. The molecule has 0 bridgehead atoms. The van der Waals surface area contributed by atoms with E-state index in [1.54, 1.807) is 17.7 Å². The van der Waals surface area contributed by atoms with Crippen molar-refractivity contribution in [1.82, 2.24) is 20.2 Å². The molecule has 0 amide bonds. The highest BCUT2D eigenvalue weighted by molar-refractivity contribution is 7.17. The third-order valence-corrected chi connectivity index (χ3v) is 4.56. The van der Waals surface area contributed by atoms with Gasteiger partial charge in [-0.25, -0.2) is 14.8 Å². The number of H-pyrrole nitrogens is 1. The highest BCUT2D eigenvalue weighted by Crippen LogP contribution is 2.31. The molecular formula is C13H11N5O2S. The van der Waals surface area contributed by atoms with Gasteiger partial charge in [0.05, 0.1) is 10.2 Å². The molecule has 3 aromatic rings. The minimum Gasteiger partial charge on any atom is -0.476 e. The van der Waals surface area contributed by atoms with Gasteiger partial charge in [-0.15, -0.1) is 11.3 Å². The van der Waals surface area contributed by atoms with Gasteiger partial charge in [0, 0.05) is 30.8 Å². The summed E-state index contributed by atoms with van der Waals surface area (Å²) in [5.74, 6) is -0.142. The molecule has 0 radical (unpaired) electrons. The minimum absolute atomic E-state index is 0.103. The number of thiophene rings is 1. The number of rotatable bonds is 2. The summed E-state index contributed by atoms with van der Waals surface area (Å²) in [6, 6.07) is 1.96. The molecule has 0 saturated carbocycles. The van der Waals surface area contributed by atoms with Crippen LogP contribution < -0.4 is 4.90 Å². The average molecular weight is 301 g/mol. The third-order valence-electron chi connectivity index (χ3n) is 3.66. The molecule has 4 rings (SSSR count). The van der Waals surface area contributed by atoms with Crippen LogP contribution in [0.15, 0.2) is 17.8 Å². The fourth-order valence-electron chi connectivity index (χ4n) is 2.65. The summed E-state index contributed by atoms with van der Waals surface area (Å²) in [6.07, 6.45) is 2.28. The number of carbonyl (C=O) groups is 1. The lowest BCUT2D eigenvalue weighted by Gasteiger charge is -2.28. The van der Waals surface area contributed by atoms with Crippen molar-refractivity contribution >= 4 is 33.3 Å². The number of fused-ring (bicyclic) bond motifs is 2. The Bertz CT molecular complexity index is 840. The Morgan fingerprint density at radius 2 is 2.33 bits per heavy atom. The summed E-state index contributed by atoms with van der Waals surface area (Å²) in [4.78, 5) is 21.9. The van der Waals surface area contributed by atoms with E-state index in [0.29, 0.717) is 6.54 Å². The summed E-state index contributed by atoms with van der Waals surface area (Å²) in [5, 5.41) is 17.9. The Balaban J connectivity index is 1.77. The molecule has 106 valence electrons. The van der Waals surface area contributed by atoms with Crippen LogP contribution in [0.2, 0.25) is 0 Å². The first-order chi connectivity index (χ1) is 10.2. The van der Waals surface area contributed by atoms with Crippen LogP contribution in [0.5, 0.6) is 0 Å². The van der Waals surface area contributed by atoms with Crippen LogP contribution in [0, 0.1) is 0 Å². The molecule has 21 heavy (non-hydrogen) atoms. The molecular weight excluding hydrogens is 290 g/mol. The lowest BCUT2D eigenvalue weighted by atomic mass is 10.1. The second-order valence-electron chi connectivity index (χ2n) is 4.84. The maximum Gasteiger partial charge on any atom is 0.356 e. The van der Waals surface area contributed by atoms with Crippen LogP contribution in [0.1, 0.15) is 21.7 Å². The number of carboxylic acid groups (broad SMARTS) is 1. The van der Waals surface area contributed by atoms with Gasteiger partial charge in [0.25, 0.3) is 0 Å². The first-order valence-corrected chi connectivity index (χ1v) is 7.34. The number of anilines is 1. The van der Waals surface area contributed by atoms with E-state index in [-0.39, 0.29) is 5.69 Å². The molecule has 0 aliphatic carbocycles. The van der Waals surface area contributed by atoms with Crippen molar-refractivity contribution in [3.05, 3.63) is 34.7 Å². The molecule has 0 fully saturated rings. The normalized spacial score (nSPS) is 14.4. The first kappa shape index (κ1) is 12.3. The predicted octanol–water partition coefficient (Wildman–Crippen LogP) is 1.68. The fourth-order valence-corrected chi connectivity index (χ4v) is 3.52. The SMILES string of the molecule is O=C(O)c1n[nH]c2c1CN(c1ncnc3ccsc13)CC2. The van der Waals surface area contributed by atoms with Crippen LogP contribution in [0.3, 0.4) is 0 Å². The van der Waals surface area contributed by atoms with Gasteiger partial charge in [0.15, 0.2) is 5.69 Å². The van der Waals surface area contributed by atoms with E-state index in [1.165, 1.54) is 0 Å². The number of aromatic carboxylic acids is 1. The monoisotopic (exact) mass is 301 g/mol. The maximum absolute atomic E-state index is 11.2.